The lowest BCUT2D eigenvalue weighted by atomic mass is 10.1. The van der Waals surface area contributed by atoms with Crippen LogP contribution in [-0.2, 0) is 16.1 Å². The zero-order valence-corrected chi connectivity index (χ0v) is 24.0. The van der Waals surface area contributed by atoms with Gasteiger partial charge in [0.2, 0.25) is 5.91 Å². The Balaban J connectivity index is 1.25. The molecule has 9 heteroatoms. The molecule has 2 aliphatic rings. The summed E-state index contributed by atoms with van der Waals surface area (Å²) in [6.07, 6.45) is 1.90. The largest absolute Gasteiger partial charge is 0.494 e. The molecule has 1 atom stereocenters. The molecule has 1 N–H and O–H groups in total. The summed E-state index contributed by atoms with van der Waals surface area (Å²) in [6.45, 7) is 11.9. The third kappa shape index (κ3) is 8.00. The molecule has 0 unspecified atom stereocenters. The van der Waals surface area contributed by atoms with Gasteiger partial charge >= 0.3 is 0 Å². The van der Waals surface area contributed by atoms with E-state index in [4.69, 9.17) is 17.0 Å². The first-order chi connectivity index (χ1) is 19.0. The molecule has 0 radical (unpaired) electrons. The second-order valence-corrected chi connectivity index (χ2v) is 10.5. The van der Waals surface area contributed by atoms with Crippen molar-refractivity contribution in [3.63, 3.8) is 0 Å². The van der Waals surface area contributed by atoms with Gasteiger partial charge in [0.05, 0.1) is 13.0 Å². The molecule has 2 aromatic carbocycles. The van der Waals surface area contributed by atoms with Crippen molar-refractivity contribution in [3.05, 3.63) is 60.2 Å². The van der Waals surface area contributed by atoms with Crippen LogP contribution in [0.2, 0.25) is 0 Å². The number of carbonyl (C=O) groups is 2. The van der Waals surface area contributed by atoms with Crippen molar-refractivity contribution < 1.29 is 14.3 Å². The predicted molar refractivity (Wildman–Crippen MR) is 159 cm³/mol. The first-order valence-corrected chi connectivity index (χ1v) is 14.5. The Morgan fingerprint density at radius 2 is 1.67 bits per heavy atom. The number of ether oxygens (including phenoxy) is 1. The number of benzene rings is 2. The van der Waals surface area contributed by atoms with Crippen LogP contribution >= 0.6 is 12.2 Å². The molecule has 39 heavy (non-hydrogen) atoms. The first-order valence-electron chi connectivity index (χ1n) is 14.1. The normalized spacial score (nSPS) is 18.6. The molecule has 2 heterocycles. The fourth-order valence-electron chi connectivity index (χ4n) is 5.16. The van der Waals surface area contributed by atoms with Crippen molar-refractivity contribution in [2.45, 2.75) is 45.7 Å². The van der Waals surface area contributed by atoms with E-state index >= 15 is 0 Å². The molecular weight excluding hydrogens is 510 g/mol. The average molecular weight is 552 g/mol. The molecule has 2 amide bonds. The Morgan fingerprint density at radius 1 is 0.974 bits per heavy atom. The zero-order valence-electron chi connectivity index (χ0n) is 23.2. The Bertz CT molecular complexity index is 1090. The second kappa shape index (κ2) is 14.4. The molecule has 8 nitrogen and oxygen atoms in total. The average Bonchev–Trinajstić information content (AvgIpc) is 3.17. The van der Waals surface area contributed by atoms with Gasteiger partial charge in [-0.3, -0.25) is 19.4 Å². The number of hydrogen-bond acceptors (Lipinski definition) is 6. The molecule has 0 bridgehead atoms. The summed E-state index contributed by atoms with van der Waals surface area (Å²) in [6, 6.07) is 17.4. The Hall–Kier alpha value is -3.01. The highest BCUT2D eigenvalue weighted by molar-refractivity contribution is 7.80. The number of likely N-dealkylation sites (N-methyl/N-ethyl adjacent to an activating group) is 1. The van der Waals surface area contributed by atoms with Gasteiger partial charge in [0, 0.05) is 51.5 Å². The van der Waals surface area contributed by atoms with Crippen LogP contribution in [0.25, 0.3) is 0 Å². The molecular formula is C30H41N5O3S. The van der Waals surface area contributed by atoms with Crippen LogP contribution in [-0.4, -0.2) is 95.0 Å². The molecule has 0 spiro atoms. The summed E-state index contributed by atoms with van der Waals surface area (Å²) >= 11 is 5.66. The lowest BCUT2D eigenvalue weighted by Gasteiger charge is -2.35. The zero-order chi connectivity index (χ0) is 27.6. The Kier molecular flexibility index (Phi) is 10.7. The van der Waals surface area contributed by atoms with Gasteiger partial charge < -0.3 is 19.9 Å². The van der Waals surface area contributed by atoms with Gasteiger partial charge in [-0.25, -0.2) is 0 Å². The molecule has 2 fully saturated rings. The molecule has 2 aliphatic heterocycles. The van der Waals surface area contributed by atoms with Gasteiger partial charge in [-0.2, -0.15) is 0 Å². The number of amides is 2. The van der Waals surface area contributed by atoms with E-state index in [0.717, 1.165) is 57.9 Å². The van der Waals surface area contributed by atoms with E-state index in [0.29, 0.717) is 30.5 Å². The number of nitrogens with one attached hydrogen (secondary N) is 1. The summed E-state index contributed by atoms with van der Waals surface area (Å²) in [7, 11) is 0. The van der Waals surface area contributed by atoms with Crippen LogP contribution in [0.15, 0.2) is 54.6 Å². The summed E-state index contributed by atoms with van der Waals surface area (Å²) in [4.78, 5) is 34.6. The predicted octanol–water partition coefficient (Wildman–Crippen LogP) is 3.83. The van der Waals surface area contributed by atoms with E-state index < -0.39 is 6.04 Å². The molecule has 4 rings (SSSR count). The summed E-state index contributed by atoms with van der Waals surface area (Å²) in [5.74, 6) is 0.486. The van der Waals surface area contributed by atoms with E-state index in [9.17, 15) is 9.59 Å². The van der Waals surface area contributed by atoms with Crippen LogP contribution < -0.4 is 10.1 Å². The molecule has 0 aromatic heterocycles. The van der Waals surface area contributed by atoms with Crippen molar-refractivity contribution in [2.75, 3.05) is 57.7 Å². The highest BCUT2D eigenvalue weighted by Gasteiger charge is 2.42. The number of hydrogen-bond donors (Lipinski definition) is 1. The number of rotatable bonds is 13. The van der Waals surface area contributed by atoms with E-state index in [1.54, 1.807) is 4.90 Å². The maximum absolute atomic E-state index is 13.1. The van der Waals surface area contributed by atoms with E-state index in [-0.39, 0.29) is 18.2 Å². The van der Waals surface area contributed by atoms with Gasteiger partial charge in [0.15, 0.2) is 5.11 Å². The maximum Gasteiger partial charge on any atom is 0.252 e. The highest BCUT2D eigenvalue weighted by Crippen LogP contribution is 2.23. The van der Waals surface area contributed by atoms with E-state index in [1.165, 1.54) is 5.56 Å². The third-order valence-corrected chi connectivity index (χ3v) is 7.75. The fraction of sp³-hybridized carbons (Fsp3) is 0.500. The lowest BCUT2D eigenvalue weighted by molar-refractivity contribution is -0.130. The van der Waals surface area contributed by atoms with Gasteiger partial charge in [-0.1, -0.05) is 37.3 Å². The molecule has 2 aromatic rings. The smallest absolute Gasteiger partial charge is 0.252 e. The standard InChI is InChI=1S/C30H41N5O3S/c1-3-21-38-26-13-11-25(12-14-26)31-28(36)22-27-29(37)34(4-2)30(39)35(27)16-8-15-32-17-19-33(20-18-32)23-24-9-6-5-7-10-24/h5-7,9-14,27H,3-4,8,15-23H2,1-2H3,(H,31,36)/t27-/m1/s1. The van der Waals surface area contributed by atoms with Crippen molar-refractivity contribution in [3.8, 4) is 5.75 Å². The minimum atomic E-state index is -0.563. The quantitative estimate of drug-likeness (QED) is 0.380. The molecule has 2 saturated heterocycles. The van der Waals surface area contributed by atoms with Crippen molar-refractivity contribution >= 4 is 34.8 Å². The molecule has 0 saturated carbocycles. The number of nitrogens with zero attached hydrogens (tertiary/aromatic N) is 4. The van der Waals surface area contributed by atoms with E-state index in [1.807, 2.05) is 36.1 Å². The van der Waals surface area contributed by atoms with Crippen LogP contribution in [0, 0.1) is 0 Å². The van der Waals surface area contributed by atoms with Crippen molar-refractivity contribution in [1.82, 2.24) is 19.6 Å². The lowest BCUT2D eigenvalue weighted by Crippen LogP contribution is -2.47. The van der Waals surface area contributed by atoms with Crippen LogP contribution in [0.3, 0.4) is 0 Å². The molecule has 0 aliphatic carbocycles. The van der Waals surface area contributed by atoms with Crippen LogP contribution in [0.1, 0.15) is 38.7 Å². The molecule has 210 valence electrons. The Labute approximate surface area is 237 Å². The second-order valence-electron chi connectivity index (χ2n) is 10.2. The Morgan fingerprint density at radius 3 is 2.33 bits per heavy atom. The van der Waals surface area contributed by atoms with E-state index in [2.05, 4.69) is 52.4 Å². The third-order valence-electron chi connectivity index (χ3n) is 7.30. The van der Waals surface area contributed by atoms with Crippen LogP contribution in [0.5, 0.6) is 5.75 Å². The topological polar surface area (TPSA) is 68.4 Å². The highest BCUT2D eigenvalue weighted by atomic mass is 32.1. The minimum Gasteiger partial charge on any atom is -0.494 e. The number of piperazine rings is 1. The van der Waals surface area contributed by atoms with Gasteiger partial charge in [0.1, 0.15) is 11.8 Å². The number of carbonyl (C=O) groups excluding carboxylic acids is 2. The monoisotopic (exact) mass is 551 g/mol. The van der Waals surface area contributed by atoms with Crippen molar-refractivity contribution in [2.24, 2.45) is 0 Å². The summed E-state index contributed by atoms with van der Waals surface area (Å²) in [5, 5.41) is 3.45. The SMILES string of the molecule is CCCOc1ccc(NC(=O)C[C@@H]2C(=O)N(CC)C(=S)N2CCCN2CCN(Cc3ccccc3)CC2)cc1. The maximum atomic E-state index is 13.1. The van der Waals surface area contributed by atoms with Crippen molar-refractivity contribution in [1.29, 1.82) is 0 Å². The number of thiocarbonyl (C=S) groups is 1. The number of anilines is 1. The first kappa shape index (κ1) is 29.0. The van der Waals surface area contributed by atoms with Crippen LogP contribution in [0.4, 0.5) is 5.69 Å². The van der Waals surface area contributed by atoms with Gasteiger partial charge in [-0.05, 0) is 68.4 Å². The van der Waals surface area contributed by atoms with Gasteiger partial charge in [0.25, 0.3) is 5.91 Å². The summed E-state index contributed by atoms with van der Waals surface area (Å²) < 4.78 is 5.61. The minimum absolute atomic E-state index is 0.0712. The van der Waals surface area contributed by atoms with Gasteiger partial charge in [-0.15, -0.1) is 0 Å². The summed E-state index contributed by atoms with van der Waals surface area (Å²) in [5.41, 5.74) is 2.04. The fourth-order valence-corrected chi connectivity index (χ4v) is 5.59.